The first-order chi connectivity index (χ1) is 12.5. The van der Waals surface area contributed by atoms with Crippen LogP contribution >= 0.6 is 31.9 Å². The Hall–Kier alpha value is -1.15. The molecule has 2 atom stereocenters. The van der Waals surface area contributed by atoms with Crippen molar-refractivity contribution in [3.05, 3.63) is 64.1 Å². The molecule has 4 nitrogen and oxygen atoms in total. The van der Waals surface area contributed by atoms with Crippen LogP contribution in [0.3, 0.4) is 0 Å². The van der Waals surface area contributed by atoms with Crippen LogP contribution in [0.1, 0.15) is 12.8 Å². The number of hydrogen-bond donors (Lipinski definition) is 2. The lowest BCUT2D eigenvalue weighted by Crippen LogP contribution is -2.36. The predicted octanol–water partition coefficient (Wildman–Crippen LogP) is 5.28. The van der Waals surface area contributed by atoms with Crippen molar-refractivity contribution < 1.29 is 8.95 Å². The van der Waals surface area contributed by atoms with E-state index in [1.54, 1.807) is 13.2 Å². The van der Waals surface area contributed by atoms with Crippen LogP contribution in [-0.4, -0.2) is 23.9 Å². The van der Waals surface area contributed by atoms with Crippen molar-refractivity contribution in [2.45, 2.75) is 23.8 Å². The first kappa shape index (κ1) is 21.2. The molecule has 2 N–H and O–H groups in total. The van der Waals surface area contributed by atoms with Crippen LogP contribution < -0.4 is 14.8 Å². The molecule has 0 heterocycles. The van der Waals surface area contributed by atoms with E-state index in [2.05, 4.69) is 48.5 Å². The average Bonchev–Trinajstić information content (AvgIpc) is 2.64. The molecule has 0 saturated carbocycles. The normalized spacial score (nSPS) is 13.0. The number of methoxy groups -OCH3 is 1. The Balaban J connectivity index is 2.09. The molecular weight excluding hydrogens is 480 g/mol. The molecule has 0 saturated heterocycles. The number of rotatable bonds is 10. The monoisotopic (exact) mass is 500 g/mol. The van der Waals surface area contributed by atoms with Crippen molar-refractivity contribution in [2.75, 3.05) is 19.0 Å². The molecule has 2 rings (SSSR count). The Morgan fingerprint density at radius 1 is 1.23 bits per heavy atom. The third kappa shape index (κ3) is 6.23. The van der Waals surface area contributed by atoms with Crippen molar-refractivity contribution in [3.63, 3.8) is 0 Å². The molecule has 0 aromatic heterocycles. The molecule has 0 amide bonds. The number of halogens is 2. The summed E-state index contributed by atoms with van der Waals surface area (Å²) in [4.78, 5) is 0.647. The van der Waals surface area contributed by atoms with E-state index in [1.165, 1.54) is 0 Å². The summed E-state index contributed by atoms with van der Waals surface area (Å²) < 4.78 is 23.0. The minimum absolute atomic E-state index is 0.0237. The van der Waals surface area contributed by atoms with Gasteiger partial charge < -0.3 is 10.1 Å². The van der Waals surface area contributed by atoms with Gasteiger partial charge in [0.2, 0.25) is 0 Å². The molecule has 26 heavy (non-hydrogen) atoms. The van der Waals surface area contributed by atoms with Gasteiger partial charge in [-0.1, -0.05) is 24.3 Å². The zero-order valence-electron chi connectivity index (χ0n) is 14.5. The van der Waals surface area contributed by atoms with Gasteiger partial charge in [0.15, 0.2) is 0 Å². The van der Waals surface area contributed by atoms with Gasteiger partial charge in [0.1, 0.15) is 16.7 Å². The summed E-state index contributed by atoms with van der Waals surface area (Å²) in [7, 11) is 0.210. The molecule has 0 spiro atoms. The zero-order valence-corrected chi connectivity index (χ0v) is 18.5. The fraction of sp³-hybridized carbons (Fsp3) is 0.263. The maximum Gasteiger partial charge on any atom is 0.134 e. The van der Waals surface area contributed by atoms with Crippen LogP contribution in [0.25, 0.3) is 0 Å². The van der Waals surface area contributed by atoms with Crippen LogP contribution in [0, 0.1) is 0 Å². The number of benzene rings is 2. The molecule has 140 valence electrons. The third-order valence-electron chi connectivity index (χ3n) is 3.73. The summed E-state index contributed by atoms with van der Waals surface area (Å²) in [6.07, 6.45) is 3.55. The highest BCUT2D eigenvalue weighted by Gasteiger charge is 2.17. The Bertz CT molecular complexity index is 757. The van der Waals surface area contributed by atoms with E-state index in [-0.39, 0.29) is 6.04 Å². The number of ether oxygens (including phenoxy) is 1. The fourth-order valence-corrected chi connectivity index (χ4v) is 5.02. The molecule has 7 heteroatoms. The second kappa shape index (κ2) is 10.9. The molecule has 2 unspecified atom stereocenters. The highest BCUT2D eigenvalue weighted by Crippen LogP contribution is 2.33. The molecular formula is C19H22Br2N2O2S. The number of nitrogens with one attached hydrogen (secondary N) is 2. The highest BCUT2D eigenvalue weighted by molar-refractivity contribution is 9.11. The Morgan fingerprint density at radius 2 is 1.96 bits per heavy atom. The fourth-order valence-electron chi connectivity index (χ4n) is 2.34. The van der Waals surface area contributed by atoms with Gasteiger partial charge in [-0.25, -0.2) is 8.93 Å². The van der Waals surface area contributed by atoms with Gasteiger partial charge in [-0.2, -0.15) is 0 Å². The van der Waals surface area contributed by atoms with E-state index in [0.29, 0.717) is 17.2 Å². The van der Waals surface area contributed by atoms with Gasteiger partial charge in [-0.15, -0.1) is 6.58 Å². The van der Waals surface area contributed by atoms with Crippen molar-refractivity contribution in [1.29, 1.82) is 0 Å². The van der Waals surface area contributed by atoms with E-state index >= 15 is 0 Å². The van der Waals surface area contributed by atoms with Crippen molar-refractivity contribution >= 4 is 48.5 Å². The van der Waals surface area contributed by atoms with Crippen LogP contribution in [0.4, 0.5) is 5.69 Å². The van der Waals surface area contributed by atoms with E-state index in [1.807, 2.05) is 42.5 Å². The van der Waals surface area contributed by atoms with Gasteiger partial charge in [0.05, 0.1) is 16.5 Å². The van der Waals surface area contributed by atoms with E-state index in [4.69, 9.17) is 4.74 Å². The first-order valence-corrected chi connectivity index (χ1v) is 10.9. The Labute approximate surface area is 174 Å². The SMILES string of the molecule is C=CCCC(CNc1ccccc1)NS(=O)c1cc(OC)c(Br)cc1Br. The summed E-state index contributed by atoms with van der Waals surface area (Å²) >= 11 is 6.91. The minimum atomic E-state index is -1.38. The number of allylic oxidation sites excluding steroid dienone is 1. The quantitative estimate of drug-likeness (QED) is 0.435. The summed E-state index contributed by atoms with van der Waals surface area (Å²) in [6, 6.07) is 13.6. The Morgan fingerprint density at radius 3 is 2.62 bits per heavy atom. The number of anilines is 1. The standard InChI is InChI=1S/C19H22Br2N2O2S/c1-3-4-8-15(13-22-14-9-6-5-7-10-14)23-26(24)19-12-18(25-2)16(20)11-17(19)21/h3,5-7,9-12,15,22-23H,1,4,8,13H2,2H3. The Kier molecular flexibility index (Phi) is 8.84. The van der Waals surface area contributed by atoms with E-state index in [9.17, 15) is 4.21 Å². The predicted molar refractivity (Wildman–Crippen MR) is 116 cm³/mol. The lowest BCUT2D eigenvalue weighted by Gasteiger charge is -2.20. The van der Waals surface area contributed by atoms with Crippen molar-refractivity contribution in [1.82, 2.24) is 4.72 Å². The van der Waals surface area contributed by atoms with Crippen molar-refractivity contribution in [3.8, 4) is 5.75 Å². The molecule has 0 bridgehead atoms. The smallest absolute Gasteiger partial charge is 0.134 e. The maximum atomic E-state index is 12.9. The molecule has 2 aromatic rings. The number of para-hydroxylation sites is 1. The second-order valence-corrected chi connectivity index (χ2v) is 8.54. The van der Waals surface area contributed by atoms with Gasteiger partial charge in [0.25, 0.3) is 0 Å². The van der Waals surface area contributed by atoms with Gasteiger partial charge in [-0.05, 0) is 69.0 Å². The largest absolute Gasteiger partial charge is 0.496 e. The number of hydrogen-bond acceptors (Lipinski definition) is 3. The van der Waals surface area contributed by atoms with E-state index in [0.717, 1.165) is 27.5 Å². The van der Waals surface area contributed by atoms with Crippen LogP contribution in [0.5, 0.6) is 5.75 Å². The molecule has 0 aliphatic heterocycles. The lowest BCUT2D eigenvalue weighted by atomic mass is 10.1. The maximum absolute atomic E-state index is 12.9. The summed E-state index contributed by atoms with van der Waals surface area (Å²) in [6.45, 7) is 4.44. The molecule has 0 aliphatic rings. The molecule has 2 aromatic carbocycles. The van der Waals surface area contributed by atoms with Crippen LogP contribution in [0.2, 0.25) is 0 Å². The average molecular weight is 502 g/mol. The van der Waals surface area contributed by atoms with Gasteiger partial charge in [0, 0.05) is 22.7 Å². The summed E-state index contributed by atoms with van der Waals surface area (Å²) in [5.41, 5.74) is 1.04. The van der Waals surface area contributed by atoms with E-state index < -0.39 is 11.0 Å². The topological polar surface area (TPSA) is 50.4 Å². The van der Waals surface area contributed by atoms with Crippen LogP contribution in [0.15, 0.2) is 69.0 Å². The summed E-state index contributed by atoms with van der Waals surface area (Å²) in [5.74, 6) is 0.642. The van der Waals surface area contributed by atoms with Gasteiger partial charge in [-0.3, -0.25) is 0 Å². The molecule has 0 aliphatic carbocycles. The molecule has 0 fully saturated rings. The minimum Gasteiger partial charge on any atom is -0.496 e. The van der Waals surface area contributed by atoms with Crippen molar-refractivity contribution in [2.24, 2.45) is 0 Å². The highest BCUT2D eigenvalue weighted by atomic mass is 79.9. The summed E-state index contributed by atoms with van der Waals surface area (Å²) in [5, 5.41) is 3.38. The first-order valence-electron chi connectivity index (χ1n) is 8.16. The third-order valence-corrected chi connectivity index (χ3v) is 6.55. The van der Waals surface area contributed by atoms with Crippen LogP contribution in [-0.2, 0) is 11.0 Å². The second-order valence-electron chi connectivity index (χ2n) is 5.61. The molecule has 0 radical (unpaired) electrons. The van der Waals surface area contributed by atoms with Gasteiger partial charge >= 0.3 is 0 Å². The zero-order chi connectivity index (χ0) is 18.9. The lowest BCUT2D eigenvalue weighted by molar-refractivity contribution is 0.410.